The number of aromatic nitrogens is 1. The quantitative estimate of drug-likeness (QED) is 0.708. The summed E-state index contributed by atoms with van der Waals surface area (Å²) in [6.07, 6.45) is 4.81. The average molecular weight is 331 g/mol. The topological polar surface area (TPSA) is 33.0 Å². The van der Waals surface area contributed by atoms with Crippen LogP contribution in [0, 0.1) is 13.8 Å². The van der Waals surface area contributed by atoms with E-state index in [1.54, 1.807) is 0 Å². The average Bonchev–Trinajstić information content (AvgIpc) is 2.61. The third kappa shape index (κ3) is 4.77. The normalized spacial score (nSPS) is 10.5. The minimum Gasteiger partial charge on any atom is -0.321 e. The molecule has 0 atom stereocenters. The number of amides is 1. The number of nitrogens with zero attached hydrogens (tertiary/aromatic N) is 1. The van der Waals surface area contributed by atoms with Crippen LogP contribution in [-0.4, -0.2) is 5.91 Å². The van der Waals surface area contributed by atoms with Crippen LogP contribution in [0.15, 0.2) is 73.1 Å². The summed E-state index contributed by atoms with van der Waals surface area (Å²) >= 11 is 0. The van der Waals surface area contributed by atoms with Gasteiger partial charge in [-0.2, -0.15) is 4.57 Å². The molecule has 2 aromatic carbocycles. The number of carbonyl (C=O) groups is 1. The molecule has 126 valence electrons. The molecular weight excluding hydrogens is 308 g/mol. The Kier molecular flexibility index (Phi) is 5.24. The van der Waals surface area contributed by atoms with Crippen LogP contribution in [0.5, 0.6) is 0 Å². The molecule has 0 bridgehead atoms. The number of benzene rings is 2. The van der Waals surface area contributed by atoms with Crippen molar-refractivity contribution in [2.24, 2.45) is 0 Å². The highest BCUT2D eigenvalue weighted by Crippen LogP contribution is 2.14. The third-order valence-corrected chi connectivity index (χ3v) is 4.33. The zero-order chi connectivity index (χ0) is 17.6. The molecule has 0 unspecified atom stereocenters. The van der Waals surface area contributed by atoms with E-state index in [4.69, 9.17) is 0 Å². The van der Waals surface area contributed by atoms with Gasteiger partial charge < -0.3 is 5.32 Å². The number of aryl methyl sites for hydroxylation is 2. The van der Waals surface area contributed by atoms with Gasteiger partial charge in [0.2, 0.25) is 6.54 Å². The van der Waals surface area contributed by atoms with Crippen LogP contribution in [-0.2, 0) is 17.8 Å². The van der Waals surface area contributed by atoms with Crippen molar-refractivity contribution in [3.05, 3.63) is 95.3 Å². The highest BCUT2D eigenvalue weighted by molar-refractivity contribution is 5.89. The molecule has 0 radical (unpaired) electrons. The maximum atomic E-state index is 12.2. The Balaban J connectivity index is 1.59. The molecule has 3 heteroatoms. The van der Waals surface area contributed by atoms with E-state index in [9.17, 15) is 4.79 Å². The van der Waals surface area contributed by atoms with Crippen LogP contribution in [0.2, 0.25) is 0 Å². The second-order valence-electron chi connectivity index (χ2n) is 6.39. The first-order valence-corrected chi connectivity index (χ1v) is 8.49. The fourth-order valence-corrected chi connectivity index (χ4v) is 2.73. The minimum absolute atomic E-state index is 0.0240. The summed E-state index contributed by atoms with van der Waals surface area (Å²) in [5.74, 6) is -0.0240. The molecule has 3 nitrogen and oxygen atoms in total. The summed E-state index contributed by atoms with van der Waals surface area (Å²) in [7, 11) is 0. The Hall–Kier alpha value is -2.94. The molecule has 0 aliphatic heterocycles. The Morgan fingerprint density at radius 3 is 2.24 bits per heavy atom. The summed E-state index contributed by atoms with van der Waals surface area (Å²) in [6.45, 7) is 4.41. The van der Waals surface area contributed by atoms with Crippen LogP contribution in [0.1, 0.15) is 22.3 Å². The van der Waals surface area contributed by atoms with Crippen molar-refractivity contribution in [2.45, 2.75) is 26.8 Å². The SMILES string of the molecule is Cc1ccc(NC(=O)C[n+]2ccc(Cc3ccccc3)cc2)cc1C. The number of rotatable bonds is 5. The fourth-order valence-electron chi connectivity index (χ4n) is 2.73. The number of carbonyl (C=O) groups excluding carboxylic acids is 1. The second-order valence-corrected chi connectivity index (χ2v) is 6.39. The van der Waals surface area contributed by atoms with Crippen molar-refractivity contribution in [3.8, 4) is 0 Å². The summed E-state index contributed by atoms with van der Waals surface area (Å²) < 4.78 is 1.89. The lowest BCUT2D eigenvalue weighted by Crippen LogP contribution is -2.39. The Morgan fingerprint density at radius 2 is 1.56 bits per heavy atom. The van der Waals surface area contributed by atoms with Crippen LogP contribution in [0.3, 0.4) is 0 Å². The van der Waals surface area contributed by atoms with Crippen molar-refractivity contribution in [1.82, 2.24) is 0 Å². The van der Waals surface area contributed by atoms with Crippen molar-refractivity contribution in [1.29, 1.82) is 0 Å². The summed E-state index contributed by atoms with van der Waals surface area (Å²) in [5, 5.41) is 2.95. The maximum absolute atomic E-state index is 12.2. The highest BCUT2D eigenvalue weighted by Gasteiger charge is 2.10. The van der Waals surface area contributed by atoms with Gasteiger partial charge in [0.15, 0.2) is 12.4 Å². The van der Waals surface area contributed by atoms with Crippen molar-refractivity contribution in [2.75, 3.05) is 5.32 Å². The third-order valence-electron chi connectivity index (χ3n) is 4.33. The van der Waals surface area contributed by atoms with Gasteiger partial charge in [-0.25, -0.2) is 0 Å². The fraction of sp³-hybridized carbons (Fsp3) is 0.182. The minimum atomic E-state index is -0.0240. The second kappa shape index (κ2) is 7.75. The number of hydrogen-bond donors (Lipinski definition) is 1. The zero-order valence-corrected chi connectivity index (χ0v) is 14.7. The molecule has 1 heterocycles. The standard InChI is InChI=1S/C22H22N2O/c1-17-8-9-21(14-18(17)2)23-22(25)16-24-12-10-20(11-13-24)15-19-6-4-3-5-7-19/h3-14H,15-16H2,1-2H3/p+1. The van der Waals surface area contributed by atoms with E-state index >= 15 is 0 Å². The van der Waals surface area contributed by atoms with Gasteiger partial charge in [-0.05, 0) is 54.7 Å². The predicted molar refractivity (Wildman–Crippen MR) is 100 cm³/mol. The van der Waals surface area contributed by atoms with E-state index in [2.05, 4.69) is 48.6 Å². The first kappa shape index (κ1) is 16.9. The summed E-state index contributed by atoms with van der Waals surface area (Å²) in [5.41, 5.74) is 5.76. The van der Waals surface area contributed by atoms with Gasteiger partial charge in [-0.3, -0.25) is 4.79 Å². The molecule has 3 rings (SSSR count). The van der Waals surface area contributed by atoms with Gasteiger partial charge in [0.1, 0.15) is 0 Å². The van der Waals surface area contributed by atoms with Gasteiger partial charge in [0.05, 0.1) is 0 Å². The highest BCUT2D eigenvalue weighted by atomic mass is 16.1. The van der Waals surface area contributed by atoms with E-state index < -0.39 is 0 Å². The zero-order valence-electron chi connectivity index (χ0n) is 14.7. The molecule has 1 aromatic heterocycles. The molecule has 1 N–H and O–H groups in total. The largest absolute Gasteiger partial charge is 0.321 e. The molecule has 0 saturated heterocycles. The van der Waals surface area contributed by atoms with E-state index in [0.29, 0.717) is 6.54 Å². The lowest BCUT2D eigenvalue weighted by atomic mass is 10.1. The number of anilines is 1. The Labute approximate surface area is 149 Å². The molecule has 0 saturated carbocycles. The lowest BCUT2D eigenvalue weighted by Gasteiger charge is -2.06. The van der Waals surface area contributed by atoms with Crippen LogP contribution in [0.4, 0.5) is 5.69 Å². The molecule has 0 aliphatic carbocycles. The van der Waals surface area contributed by atoms with E-state index in [0.717, 1.165) is 12.1 Å². The van der Waals surface area contributed by atoms with Crippen molar-refractivity contribution in [3.63, 3.8) is 0 Å². The van der Waals surface area contributed by atoms with Crippen LogP contribution in [0.25, 0.3) is 0 Å². The number of nitrogens with one attached hydrogen (secondary N) is 1. The first-order chi connectivity index (χ1) is 12.1. The molecule has 0 spiro atoms. The summed E-state index contributed by atoms with van der Waals surface area (Å²) in [6, 6.07) is 20.5. The van der Waals surface area contributed by atoms with E-state index in [-0.39, 0.29) is 5.91 Å². The van der Waals surface area contributed by atoms with Crippen molar-refractivity contribution < 1.29 is 9.36 Å². The molecular formula is C22H23N2O+. The van der Waals surface area contributed by atoms with Gasteiger partial charge in [-0.1, -0.05) is 36.4 Å². The Morgan fingerprint density at radius 1 is 0.880 bits per heavy atom. The van der Waals surface area contributed by atoms with Gasteiger partial charge in [-0.15, -0.1) is 0 Å². The first-order valence-electron chi connectivity index (χ1n) is 8.49. The Bertz CT molecular complexity index is 855. The molecule has 25 heavy (non-hydrogen) atoms. The molecule has 1 amide bonds. The smallest absolute Gasteiger partial charge is 0.290 e. The molecule has 0 aliphatic rings. The van der Waals surface area contributed by atoms with Crippen LogP contribution >= 0.6 is 0 Å². The van der Waals surface area contributed by atoms with E-state index in [1.807, 2.05) is 48.1 Å². The predicted octanol–water partition coefficient (Wildman–Crippen LogP) is 3.82. The number of hydrogen-bond acceptors (Lipinski definition) is 1. The van der Waals surface area contributed by atoms with Gasteiger partial charge in [0, 0.05) is 17.8 Å². The monoisotopic (exact) mass is 331 g/mol. The van der Waals surface area contributed by atoms with Gasteiger partial charge >= 0.3 is 0 Å². The van der Waals surface area contributed by atoms with E-state index in [1.165, 1.54) is 22.3 Å². The van der Waals surface area contributed by atoms with Crippen molar-refractivity contribution >= 4 is 11.6 Å². The van der Waals surface area contributed by atoms with Crippen LogP contribution < -0.4 is 9.88 Å². The number of pyridine rings is 1. The molecule has 0 fully saturated rings. The summed E-state index contributed by atoms with van der Waals surface area (Å²) in [4.78, 5) is 12.2. The lowest BCUT2D eigenvalue weighted by molar-refractivity contribution is -0.684. The van der Waals surface area contributed by atoms with Gasteiger partial charge in [0.25, 0.3) is 5.91 Å². The molecule has 3 aromatic rings. The maximum Gasteiger partial charge on any atom is 0.290 e.